The van der Waals surface area contributed by atoms with Gasteiger partial charge in [0.15, 0.2) is 0 Å². The number of nitrogens with zero attached hydrogens (tertiary/aromatic N) is 4. The Morgan fingerprint density at radius 2 is 1.19 bits per heavy atom. The number of hydrogen-bond donors (Lipinski definition) is 0. The summed E-state index contributed by atoms with van der Waals surface area (Å²) in [5.41, 5.74) is 3.78. The lowest BCUT2D eigenvalue weighted by Crippen LogP contribution is -2.39. The van der Waals surface area contributed by atoms with Crippen LogP contribution in [0.15, 0.2) is 58.5 Å². The number of hydroxylamine groups is 2. The van der Waals surface area contributed by atoms with E-state index in [1.807, 2.05) is 71.1 Å². The monoisotopic (exact) mass is 278 g/mol. The number of para-hydroxylation sites is 4. The number of aliphatic imine (C=N–C) groups is 2. The van der Waals surface area contributed by atoms with E-state index in [4.69, 9.17) is 4.94 Å². The Kier molecular flexibility index (Phi) is 2.90. The Hall–Kier alpha value is -2.66. The van der Waals surface area contributed by atoms with Gasteiger partial charge in [-0.25, -0.2) is 10.1 Å². The smallest absolute Gasteiger partial charge is 0.0921 e. The normalized spacial score (nSPS) is 15.8. The molecule has 0 spiro atoms. The van der Waals surface area contributed by atoms with Crippen molar-refractivity contribution in [1.29, 1.82) is 0 Å². The van der Waals surface area contributed by atoms with Crippen LogP contribution >= 0.6 is 0 Å². The van der Waals surface area contributed by atoms with E-state index in [9.17, 15) is 0 Å². The second-order valence-corrected chi connectivity index (χ2v) is 4.80. The third-order valence-corrected chi connectivity index (χ3v) is 3.45. The van der Waals surface area contributed by atoms with Crippen LogP contribution in [0.25, 0.3) is 0 Å². The van der Waals surface area contributed by atoms with Gasteiger partial charge in [-0.2, -0.15) is 4.94 Å². The van der Waals surface area contributed by atoms with E-state index in [2.05, 4.69) is 9.98 Å². The predicted octanol–water partition coefficient (Wildman–Crippen LogP) is 3.28. The van der Waals surface area contributed by atoms with Crippen LogP contribution < -0.4 is 10.1 Å². The SMILES string of the molecule is C1=Nc2ccccc2N(ON2CC=Nc3ccccc32)C1. The number of hydrogen-bond acceptors (Lipinski definition) is 5. The van der Waals surface area contributed by atoms with Gasteiger partial charge in [-0.3, -0.25) is 9.98 Å². The highest BCUT2D eigenvalue weighted by molar-refractivity contribution is 5.82. The summed E-state index contributed by atoms with van der Waals surface area (Å²) in [6, 6.07) is 15.9. The van der Waals surface area contributed by atoms with Crippen LogP contribution in [-0.2, 0) is 4.94 Å². The molecule has 0 bridgehead atoms. The molecule has 0 saturated heterocycles. The van der Waals surface area contributed by atoms with Crippen LogP contribution in [0.2, 0.25) is 0 Å². The number of anilines is 2. The topological polar surface area (TPSA) is 40.4 Å². The van der Waals surface area contributed by atoms with E-state index in [1.165, 1.54) is 0 Å². The molecule has 0 atom stereocenters. The summed E-state index contributed by atoms with van der Waals surface area (Å²) in [5.74, 6) is 0. The van der Waals surface area contributed by atoms with Crippen molar-refractivity contribution in [3.05, 3.63) is 48.5 Å². The van der Waals surface area contributed by atoms with Crippen molar-refractivity contribution in [3.8, 4) is 0 Å². The van der Waals surface area contributed by atoms with Crippen LogP contribution in [0.4, 0.5) is 22.7 Å². The Morgan fingerprint density at radius 1 is 0.714 bits per heavy atom. The van der Waals surface area contributed by atoms with Crippen molar-refractivity contribution >= 4 is 35.2 Å². The summed E-state index contributed by atoms with van der Waals surface area (Å²) in [4.78, 5) is 14.8. The van der Waals surface area contributed by atoms with Gasteiger partial charge in [0.25, 0.3) is 0 Å². The molecule has 5 nitrogen and oxygen atoms in total. The van der Waals surface area contributed by atoms with Crippen molar-refractivity contribution < 1.29 is 4.94 Å². The lowest BCUT2D eigenvalue weighted by Gasteiger charge is -2.33. The minimum absolute atomic E-state index is 0.618. The van der Waals surface area contributed by atoms with Crippen LogP contribution in [0.1, 0.15) is 0 Å². The molecule has 0 N–H and O–H groups in total. The van der Waals surface area contributed by atoms with Crippen LogP contribution in [0.5, 0.6) is 0 Å². The second-order valence-electron chi connectivity index (χ2n) is 4.80. The van der Waals surface area contributed by atoms with Gasteiger partial charge in [-0.1, -0.05) is 24.3 Å². The predicted molar refractivity (Wildman–Crippen MR) is 85.0 cm³/mol. The highest BCUT2D eigenvalue weighted by Crippen LogP contribution is 2.34. The molecule has 0 aliphatic carbocycles. The standard InChI is InChI=1S/C16H14N4O/c1-3-7-15-13(5-1)17-9-11-19(15)21-20-12-10-18-14-6-2-4-8-16(14)20/h1-10H,11-12H2. The van der Waals surface area contributed by atoms with Gasteiger partial charge in [-0.15, -0.1) is 0 Å². The van der Waals surface area contributed by atoms with Gasteiger partial charge in [0.1, 0.15) is 0 Å². The molecule has 0 amide bonds. The molecule has 5 heteroatoms. The van der Waals surface area contributed by atoms with E-state index >= 15 is 0 Å². The average molecular weight is 278 g/mol. The lowest BCUT2D eigenvalue weighted by molar-refractivity contribution is 0.0986. The molecule has 2 heterocycles. The molecule has 2 aromatic carbocycles. The van der Waals surface area contributed by atoms with Gasteiger partial charge in [0.2, 0.25) is 0 Å². The van der Waals surface area contributed by atoms with Crippen molar-refractivity contribution in [3.63, 3.8) is 0 Å². The highest BCUT2D eigenvalue weighted by atomic mass is 16.8. The number of fused-ring (bicyclic) bond motifs is 2. The van der Waals surface area contributed by atoms with E-state index < -0.39 is 0 Å². The minimum Gasteiger partial charge on any atom is -0.257 e. The van der Waals surface area contributed by atoms with Crippen molar-refractivity contribution in [1.82, 2.24) is 0 Å². The van der Waals surface area contributed by atoms with Gasteiger partial charge in [-0.05, 0) is 24.3 Å². The third kappa shape index (κ3) is 2.17. The summed E-state index contributed by atoms with van der Waals surface area (Å²) in [7, 11) is 0. The zero-order chi connectivity index (χ0) is 14.1. The van der Waals surface area contributed by atoms with E-state index in [-0.39, 0.29) is 0 Å². The van der Waals surface area contributed by atoms with Gasteiger partial charge < -0.3 is 0 Å². The molecule has 104 valence electrons. The van der Waals surface area contributed by atoms with Crippen LogP contribution in [0.3, 0.4) is 0 Å². The first-order valence-electron chi connectivity index (χ1n) is 6.88. The van der Waals surface area contributed by atoms with Gasteiger partial charge in [0, 0.05) is 12.4 Å². The molecule has 0 radical (unpaired) electrons. The third-order valence-electron chi connectivity index (χ3n) is 3.45. The Labute approximate surface area is 122 Å². The summed E-state index contributed by atoms with van der Waals surface area (Å²) in [5, 5.41) is 3.69. The summed E-state index contributed by atoms with van der Waals surface area (Å²) < 4.78 is 0. The van der Waals surface area contributed by atoms with E-state index in [0.717, 1.165) is 22.7 Å². The zero-order valence-corrected chi connectivity index (χ0v) is 11.4. The van der Waals surface area contributed by atoms with Gasteiger partial charge in [0.05, 0.1) is 35.8 Å². The summed E-state index contributed by atoms with van der Waals surface area (Å²) >= 11 is 0. The Bertz CT molecular complexity index is 664. The molecule has 4 rings (SSSR count). The molecular weight excluding hydrogens is 264 g/mol. The second kappa shape index (κ2) is 5.03. The molecule has 0 unspecified atom stereocenters. The van der Waals surface area contributed by atoms with Crippen molar-refractivity contribution in [2.45, 2.75) is 0 Å². The maximum Gasteiger partial charge on any atom is 0.0921 e. The fourth-order valence-corrected chi connectivity index (χ4v) is 2.47. The first kappa shape index (κ1) is 12.1. The van der Waals surface area contributed by atoms with Crippen LogP contribution in [0, 0.1) is 0 Å². The zero-order valence-electron chi connectivity index (χ0n) is 11.4. The molecular formula is C16H14N4O. The van der Waals surface area contributed by atoms with E-state index in [0.29, 0.717) is 13.1 Å². The first-order valence-corrected chi connectivity index (χ1v) is 6.88. The van der Waals surface area contributed by atoms with Crippen molar-refractivity contribution in [2.75, 3.05) is 23.2 Å². The number of benzene rings is 2. The lowest BCUT2D eigenvalue weighted by atomic mass is 10.2. The molecule has 21 heavy (non-hydrogen) atoms. The van der Waals surface area contributed by atoms with E-state index in [1.54, 1.807) is 0 Å². The summed E-state index contributed by atoms with van der Waals surface area (Å²) in [6.45, 7) is 1.24. The molecule has 2 aliphatic rings. The maximum atomic E-state index is 6.07. The molecule has 0 aromatic heterocycles. The fourth-order valence-electron chi connectivity index (χ4n) is 2.47. The fraction of sp³-hybridized carbons (Fsp3) is 0.125. The minimum atomic E-state index is 0.618. The maximum absolute atomic E-state index is 6.07. The first-order chi connectivity index (χ1) is 10.4. The summed E-state index contributed by atoms with van der Waals surface area (Å²) in [6.07, 6.45) is 3.71. The highest BCUT2D eigenvalue weighted by Gasteiger charge is 2.21. The molecule has 2 aliphatic heterocycles. The molecule has 0 saturated carbocycles. The quantitative estimate of drug-likeness (QED) is 0.846. The van der Waals surface area contributed by atoms with Crippen molar-refractivity contribution in [2.24, 2.45) is 9.98 Å². The Morgan fingerprint density at radius 3 is 1.71 bits per heavy atom. The average Bonchev–Trinajstić information content (AvgIpc) is 2.56. The largest absolute Gasteiger partial charge is 0.257 e. The number of rotatable bonds is 2. The Balaban J connectivity index is 1.63. The van der Waals surface area contributed by atoms with Crippen LogP contribution in [-0.4, -0.2) is 25.5 Å². The molecule has 0 fully saturated rings. The van der Waals surface area contributed by atoms with Gasteiger partial charge >= 0.3 is 0 Å². The molecule has 2 aromatic rings.